The van der Waals surface area contributed by atoms with E-state index in [1.54, 1.807) is 0 Å². The van der Waals surface area contributed by atoms with E-state index >= 15 is 0 Å². The summed E-state index contributed by atoms with van der Waals surface area (Å²) < 4.78 is 0. The van der Waals surface area contributed by atoms with E-state index in [1.807, 2.05) is 6.08 Å². The van der Waals surface area contributed by atoms with Gasteiger partial charge in [-0.3, -0.25) is 4.90 Å². The topological polar surface area (TPSA) is 15.3 Å². The van der Waals surface area contributed by atoms with E-state index in [9.17, 15) is 0 Å². The standard InChI is InChI=1S/C15H30N2/c1-6-9-16-12-13(2)17-10-7-14(8-11-17)15(3,4)5/h6,13-14,16H,1,7-12H2,2-5H3. The molecule has 1 aliphatic rings. The van der Waals surface area contributed by atoms with Gasteiger partial charge in [-0.15, -0.1) is 6.58 Å². The molecule has 100 valence electrons. The van der Waals surface area contributed by atoms with Gasteiger partial charge in [-0.05, 0) is 44.2 Å². The molecule has 2 heteroatoms. The SMILES string of the molecule is C=CCNCC(C)N1CCC(C(C)(C)C)CC1. The molecule has 0 amide bonds. The highest BCUT2D eigenvalue weighted by molar-refractivity contribution is 4.83. The Morgan fingerprint density at radius 3 is 2.41 bits per heavy atom. The summed E-state index contributed by atoms with van der Waals surface area (Å²) in [7, 11) is 0. The van der Waals surface area contributed by atoms with E-state index in [1.165, 1.54) is 25.9 Å². The summed E-state index contributed by atoms with van der Waals surface area (Å²) in [6.45, 7) is 17.7. The fourth-order valence-electron chi connectivity index (χ4n) is 2.73. The highest BCUT2D eigenvalue weighted by atomic mass is 15.2. The molecule has 17 heavy (non-hydrogen) atoms. The molecule has 0 aromatic heterocycles. The van der Waals surface area contributed by atoms with Crippen LogP contribution in [0.15, 0.2) is 12.7 Å². The van der Waals surface area contributed by atoms with Gasteiger partial charge in [0, 0.05) is 19.1 Å². The summed E-state index contributed by atoms with van der Waals surface area (Å²) in [5.74, 6) is 0.895. The van der Waals surface area contributed by atoms with E-state index in [0.717, 1.165) is 19.0 Å². The molecule has 1 rings (SSSR count). The molecular weight excluding hydrogens is 208 g/mol. The third kappa shape index (κ3) is 4.81. The quantitative estimate of drug-likeness (QED) is 0.585. The zero-order valence-corrected chi connectivity index (χ0v) is 12.1. The molecule has 0 saturated carbocycles. The lowest BCUT2D eigenvalue weighted by atomic mass is 9.75. The highest BCUT2D eigenvalue weighted by Crippen LogP contribution is 2.34. The number of rotatable bonds is 5. The van der Waals surface area contributed by atoms with Crippen LogP contribution in [-0.2, 0) is 0 Å². The molecule has 0 aromatic rings. The van der Waals surface area contributed by atoms with Gasteiger partial charge < -0.3 is 5.32 Å². The lowest BCUT2D eigenvalue weighted by Gasteiger charge is -2.41. The van der Waals surface area contributed by atoms with E-state index in [2.05, 4.69) is 44.5 Å². The van der Waals surface area contributed by atoms with E-state index in [0.29, 0.717) is 11.5 Å². The molecular formula is C15H30N2. The van der Waals surface area contributed by atoms with Gasteiger partial charge in [-0.2, -0.15) is 0 Å². The zero-order chi connectivity index (χ0) is 12.9. The summed E-state index contributed by atoms with van der Waals surface area (Å²) in [6, 6.07) is 0.649. The summed E-state index contributed by atoms with van der Waals surface area (Å²) >= 11 is 0. The predicted molar refractivity (Wildman–Crippen MR) is 76.3 cm³/mol. The van der Waals surface area contributed by atoms with Gasteiger partial charge >= 0.3 is 0 Å². The Kier molecular flexibility index (Phi) is 5.68. The van der Waals surface area contributed by atoms with Gasteiger partial charge in [-0.25, -0.2) is 0 Å². The van der Waals surface area contributed by atoms with Crippen LogP contribution in [0, 0.1) is 11.3 Å². The number of hydrogen-bond acceptors (Lipinski definition) is 2. The van der Waals surface area contributed by atoms with Crippen LogP contribution in [0.2, 0.25) is 0 Å². The molecule has 0 bridgehead atoms. The van der Waals surface area contributed by atoms with Gasteiger partial charge in [0.25, 0.3) is 0 Å². The molecule has 0 radical (unpaired) electrons. The first-order valence-electron chi connectivity index (χ1n) is 7.01. The minimum atomic E-state index is 0.483. The Bertz CT molecular complexity index is 222. The van der Waals surface area contributed by atoms with Crippen LogP contribution in [0.5, 0.6) is 0 Å². The third-order valence-electron chi connectivity index (χ3n) is 4.11. The van der Waals surface area contributed by atoms with E-state index in [4.69, 9.17) is 0 Å². The van der Waals surface area contributed by atoms with Crippen molar-refractivity contribution in [3.63, 3.8) is 0 Å². The smallest absolute Gasteiger partial charge is 0.0192 e. The van der Waals surface area contributed by atoms with Crippen LogP contribution in [-0.4, -0.2) is 37.1 Å². The lowest BCUT2D eigenvalue weighted by Crippen LogP contribution is -2.46. The molecule has 1 N–H and O–H groups in total. The van der Waals surface area contributed by atoms with Crippen molar-refractivity contribution in [2.75, 3.05) is 26.2 Å². The van der Waals surface area contributed by atoms with Crippen molar-refractivity contribution in [3.05, 3.63) is 12.7 Å². The minimum Gasteiger partial charge on any atom is -0.312 e. The van der Waals surface area contributed by atoms with Crippen molar-refractivity contribution in [2.24, 2.45) is 11.3 Å². The molecule has 1 aliphatic heterocycles. The zero-order valence-electron chi connectivity index (χ0n) is 12.1. The van der Waals surface area contributed by atoms with Crippen LogP contribution < -0.4 is 5.32 Å². The summed E-state index contributed by atoms with van der Waals surface area (Å²) in [4.78, 5) is 2.62. The van der Waals surface area contributed by atoms with Crippen molar-refractivity contribution in [2.45, 2.75) is 46.6 Å². The van der Waals surface area contributed by atoms with E-state index in [-0.39, 0.29) is 0 Å². The minimum absolute atomic E-state index is 0.483. The monoisotopic (exact) mass is 238 g/mol. The first-order chi connectivity index (χ1) is 7.95. The Morgan fingerprint density at radius 1 is 1.35 bits per heavy atom. The number of nitrogens with zero attached hydrogens (tertiary/aromatic N) is 1. The van der Waals surface area contributed by atoms with E-state index < -0.39 is 0 Å². The Hall–Kier alpha value is -0.340. The average molecular weight is 238 g/mol. The van der Waals surface area contributed by atoms with Gasteiger partial charge in [0.15, 0.2) is 0 Å². The maximum absolute atomic E-state index is 3.73. The van der Waals surface area contributed by atoms with Gasteiger partial charge in [-0.1, -0.05) is 26.8 Å². The molecule has 2 nitrogen and oxygen atoms in total. The fraction of sp³-hybridized carbons (Fsp3) is 0.867. The first kappa shape index (κ1) is 14.7. The number of likely N-dealkylation sites (tertiary alicyclic amines) is 1. The summed E-state index contributed by atoms with van der Waals surface area (Å²) in [5, 5.41) is 3.41. The second-order valence-corrected chi connectivity index (χ2v) is 6.47. The molecule has 0 spiro atoms. The van der Waals surface area contributed by atoms with Gasteiger partial charge in [0.05, 0.1) is 0 Å². The Labute approximate surface area is 107 Å². The van der Waals surface area contributed by atoms with Crippen LogP contribution in [0.3, 0.4) is 0 Å². The molecule has 1 heterocycles. The predicted octanol–water partition coefficient (Wildman–Crippen LogP) is 2.91. The van der Waals surface area contributed by atoms with Crippen LogP contribution in [0.4, 0.5) is 0 Å². The van der Waals surface area contributed by atoms with Crippen LogP contribution >= 0.6 is 0 Å². The van der Waals surface area contributed by atoms with Crippen LogP contribution in [0.1, 0.15) is 40.5 Å². The third-order valence-corrected chi connectivity index (χ3v) is 4.11. The van der Waals surface area contributed by atoms with Crippen molar-refractivity contribution >= 4 is 0 Å². The molecule has 1 fully saturated rings. The van der Waals surface area contributed by atoms with Crippen LogP contribution in [0.25, 0.3) is 0 Å². The lowest BCUT2D eigenvalue weighted by molar-refractivity contribution is 0.0878. The molecule has 0 aromatic carbocycles. The van der Waals surface area contributed by atoms with Gasteiger partial charge in [0.1, 0.15) is 0 Å². The van der Waals surface area contributed by atoms with Crippen molar-refractivity contribution in [1.82, 2.24) is 10.2 Å². The maximum Gasteiger partial charge on any atom is 0.0192 e. The second kappa shape index (κ2) is 6.55. The second-order valence-electron chi connectivity index (χ2n) is 6.47. The Morgan fingerprint density at radius 2 is 1.94 bits per heavy atom. The first-order valence-corrected chi connectivity index (χ1v) is 7.01. The molecule has 1 unspecified atom stereocenters. The maximum atomic E-state index is 3.73. The normalized spacial score (nSPS) is 21.4. The summed E-state index contributed by atoms with van der Waals surface area (Å²) in [6.07, 6.45) is 4.64. The number of nitrogens with one attached hydrogen (secondary N) is 1. The largest absolute Gasteiger partial charge is 0.312 e. The van der Waals surface area contributed by atoms with Gasteiger partial charge in [0.2, 0.25) is 0 Å². The number of piperidine rings is 1. The average Bonchev–Trinajstić information content (AvgIpc) is 2.28. The molecule has 1 atom stereocenters. The molecule has 0 aliphatic carbocycles. The van der Waals surface area contributed by atoms with Crippen molar-refractivity contribution in [3.8, 4) is 0 Å². The van der Waals surface area contributed by atoms with Crippen molar-refractivity contribution < 1.29 is 0 Å². The number of hydrogen-bond donors (Lipinski definition) is 1. The van der Waals surface area contributed by atoms with Crippen molar-refractivity contribution in [1.29, 1.82) is 0 Å². The highest BCUT2D eigenvalue weighted by Gasteiger charge is 2.29. The molecule has 1 saturated heterocycles. The Balaban J connectivity index is 2.28. The fourth-order valence-corrected chi connectivity index (χ4v) is 2.73. The summed E-state index contributed by atoms with van der Waals surface area (Å²) in [5.41, 5.74) is 0.483.